The van der Waals surface area contributed by atoms with Gasteiger partial charge in [0.2, 0.25) is 0 Å². The molecule has 0 radical (unpaired) electrons. The van der Waals surface area contributed by atoms with Gasteiger partial charge in [-0.25, -0.2) is 18.0 Å². The fourth-order valence-electron chi connectivity index (χ4n) is 3.12. The number of nitrogens with zero attached hydrogens (tertiary/aromatic N) is 1. The number of primary amides is 1. The number of sulfone groups is 1. The second kappa shape index (κ2) is 9.05. The Kier molecular flexibility index (Phi) is 7.00. The number of esters is 1. The molecule has 1 aliphatic rings. The summed E-state index contributed by atoms with van der Waals surface area (Å²) in [5.74, 6) is -1.12. The maximum absolute atomic E-state index is 12.6. The summed E-state index contributed by atoms with van der Waals surface area (Å²) in [5.41, 5.74) is 5.65. The average Bonchev–Trinajstić information content (AvgIpc) is 2.99. The highest BCUT2D eigenvalue weighted by molar-refractivity contribution is 7.91. The van der Waals surface area contributed by atoms with E-state index >= 15 is 0 Å². The SMILES string of the molecule is CC[C@H](C)N(C(=O)COC(=O)c1ccc(NC(N)=O)cc1)[C@H]1CCS(=O)(=O)C1. The van der Waals surface area contributed by atoms with E-state index in [-0.39, 0.29) is 23.1 Å². The summed E-state index contributed by atoms with van der Waals surface area (Å²) in [7, 11) is -3.14. The maximum Gasteiger partial charge on any atom is 0.338 e. The first-order chi connectivity index (χ1) is 13.1. The maximum atomic E-state index is 12.6. The number of benzene rings is 1. The highest BCUT2D eigenvalue weighted by Crippen LogP contribution is 2.21. The van der Waals surface area contributed by atoms with Gasteiger partial charge in [-0.3, -0.25) is 4.79 Å². The van der Waals surface area contributed by atoms with Gasteiger partial charge in [-0.1, -0.05) is 6.92 Å². The van der Waals surface area contributed by atoms with E-state index in [1.54, 1.807) is 0 Å². The topological polar surface area (TPSA) is 136 Å². The van der Waals surface area contributed by atoms with Crippen LogP contribution in [0.25, 0.3) is 0 Å². The second-order valence-corrected chi connectivity index (χ2v) is 8.99. The van der Waals surface area contributed by atoms with Crippen molar-refractivity contribution >= 4 is 33.4 Å². The molecular formula is C18H25N3O6S. The fraction of sp³-hybridized carbons (Fsp3) is 0.500. The van der Waals surface area contributed by atoms with E-state index in [2.05, 4.69) is 5.32 Å². The summed E-state index contributed by atoms with van der Waals surface area (Å²) >= 11 is 0. The fourth-order valence-corrected chi connectivity index (χ4v) is 4.83. The molecule has 1 aliphatic heterocycles. The van der Waals surface area contributed by atoms with Crippen molar-refractivity contribution in [2.75, 3.05) is 23.4 Å². The highest BCUT2D eigenvalue weighted by atomic mass is 32.2. The Morgan fingerprint density at radius 2 is 1.93 bits per heavy atom. The minimum atomic E-state index is -3.14. The Bertz CT molecular complexity index is 837. The van der Waals surface area contributed by atoms with Gasteiger partial charge in [-0.05, 0) is 44.0 Å². The molecule has 0 unspecified atom stereocenters. The largest absolute Gasteiger partial charge is 0.452 e. The van der Waals surface area contributed by atoms with Gasteiger partial charge in [-0.15, -0.1) is 0 Å². The molecule has 3 N–H and O–H groups in total. The van der Waals surface area contributed by atoms with Crippen LogP contribution in [0.5, 0.6) is 0 Å². The highest BCUT2D eigenvalue weighted by Gasteiger charge is 2.36. The number of hydrogen-bond acceptors (Lipinski definition) is 6. The molecule has 2 atom stereocenters. The zero-order valence-corrected chi connectivity index (χ0v) is 16.7. The number of amides is 3. The lowest BCUT2D eigenvalue weighted by molar-refractivity contribution is -0.138. The molecule has 0 spiro atoms. The van der Waals surface area contributed by atoms with Gasteiger partial charge in [0.1, 0.15) is 0 Å². The molecule has 1 saturated heterocycles. The summed E-state index contributed by atoms with van der Waals surface area (Å²) in [5, 5.41) is 2.37. The van der Waals surface area contributed by atoms with Crippen LogP contribution in [0.15, 0.2) is 24.3 Å². The summed E-state index contributed by atoms with van der Waals surface area (Å²) < 4.78 is 28.6. The van der Waals surface area contributed by atoms with E-state index in [0.717, 1.165) is 0 Å². The van der Waals surface area contributed by atoms with E-state index in [1.807, 2.05) is 13.8 Å². The van der Waals surface area contributed by atoms with Gasteiger partial charge in [0, 0.05) is 17.8 Å². The Morgan fingerprint density at radius 1 is 1.29 bits per heavy atom. The first-order valence-electron chi connectivity index (χ1n) is 8.98. The molecular weight excluding hydrogens is 386 g/mol. The molecule has 28 heavy (non-hydrogen) atoms. The predicted octanol–water partition coefficient (Wildman–Crippen LogP) is 1.15. The minimum Gasteiger partial charge on any atom is -0.452 e. The molecule has 1 heterocycles. The first kappa shape index (κ1) is 21.7. The van der Waals surface area contributed by atoms with Crippen LogP contribution in [-0.4, -0.2) is 61.4 Å². The van der Waals surface area contributed by atoms with Gasteiger partial charge in [-0.2, -0.15) is 0 Å². The lowest BCUT2D eigenvalue weighted by Crippen LogP contribution is -2.48. The molecule has 2 rings (SSSR count). The van der Waals surface area contributed by atoms with Gasteiger partial charge in [0.05, 0.1) is 17.1 Å². The Balaban J connectivity index is 1.99. The van der Waals surface area contributed by atoms with Crippen molar-refractivity contribution in [2.45, 2.75) is 38.8 Å². The van der Waals surface area contributed by atoms with E-state index in [0.29, 0.717) is 18.5 Å². The summed E-state index contributed by atoms with van der Waals surface area (Å²) in [4.78, 5) is 37.1. The Morgan fingerprint density at radius 3 is 2.43 bits per heavy atom. The molecule has 0 aromatic heterocycles. The second-order valence-electron chi connectivity index (χ2n) is 6.76. The molecule has 1 fully saturated rings. The predicted molar refractivity (Wildman–Crippen MR) is 104 cm³/mol. The number of carbonyl (C=O) groups is 3. The van der Waals surface area contributed by atoms with Gasteiger partial charge >= 0.3 is 12.0 Å². The van der Waals surface area contributed by atoms with E-state index in [9.17, 15) is 22.8 Å². The van der Waals surface area contributed by atoms with Crippen LogP contribution in [0.2, 0.25) is 0 Å². The molecule has 3 amide bonds. The van der Waals surface area contributed by atoms with Crippen molar-refractivity contribution in [1.29, 1.82) is 0 Å². The zero-order valence-electron chi connectivity index (χ0n) is 15.9. The molecule has 10 heteroatoms. The first-order valence-corrected chi connectivity index (χ1v) is 10.8. The van der Waals surface area contributed by atoms with Crippen molar-refractivity contribution < 1.29 is 27.5 Å². The quantitative estimate of drug-likeness (QED) is 0.646. The van der Waals surface area contributed by atoms with Crippen LogP contribution in [0.1, 0.15) is 37.0 Å². The molecule has 1 aromatic carbocycles. The zero-order chi connectivity index (χ0) is 20.9. The van der Waals surface area contributed by atoms with Gasteiger partial charge in [0.15, 0.2) is 16.4 Å². The monoisotopic (exact) mass is 411 g/mol. The number of rotatable bonds is 7. The van der Waals surface area contributed by atoms with Crippen LogP contribution in [0.3, 0.4) is 0 Å². The van der Waals surface area contributed by atoms with E-state index in [1.165, 1.54) is 29.2 Å². The lowest BCUT2D eigenvalue weighted by Gasteiger charge is -2.33. The molecule has 1 aromatic rings. The van der Waals surface area contributed by atoms with E-state index < -0.39 is 40.4 Å². The minimum absolute atomic E-state index is 0.0589. The third kappa shape index (κ3) is 5.69. The average molecular weight is 411 g/mol. The van der Waals surface area contributed by atoms with Crippen LogP contribution in [-0.2, 0) is 19.4 Å². The summed E-state index contributed by atoms with van der Waals surface area (Å²) in [6, 6.07) is 4.56. The molecule has 0 aliphatic carbocycles. The number of ether oxygens (including phenoxy) is 1. The smallest absolute Gasteiger partial charge is 0.338 e. The number of carbonyl (C=O) groups excluding carboxylic acids is 3. The number of anilines is 1. The third-order valence-corrected chi connectivity index (χ3v) is 6.42. The standard InChI is InChI=1S/C18H25N3O6S/c1-3-12(2)21(15-8-9-28(25,26)11-15)16(22)10-27-17(23)13-4-6-14(7-5-13)20-18(19)24/h4-7,12,15H,3,8-11H2,1-2H3,(H3,19,20,24)/t12-,15-/m0/s1. The van der Waals surface area contributed by atoms with Crippen molar-refractivity contribution in [1.82, 2.24) is 4.90 Å². The van der Waals surface area contributed by atoms with Crippen molar-refractivity contribution in [3.63, 3.8) is 0 Å². The summed E-state index contributed by atoms with van der Waals surface area (Å²) in [6.07, 6.45) is 1.05. The lowest BCUT2D eigenvalue weighted by atomic mass is 10.1. The Hall–Kier alpha value is -2.62. The number of nitrogens with one attached hydrogen (secondary N) is 1. The van der Waals surface area contributed by atoms with Gasteiger partial charge < -0.3 is 20.7 Å². The van der Waals surface area contributed by atoms with Crippen molar-refractivity contribution in [2.24, 2.45) is 5.73 Å². The molecule has 0 bridgehead atoms. The number of urea groups is 1. The normalized spacial score (nSPS) is 18.9. The third-order valence-electron chi connectivity index (χ3n) is 4.67. The van der Waals surface area contributed by atoms with Gasteiger partial charge in [0.25, 0.3) is 5.91 Å². The van der Waals surface area contributed by atoms with Crippen LogP contribution < -0.4 is 11.1 Å². The molecule has 9 nitrogen and oxygen atoms in total. The number of hydrogen-bond donors (Lipinski definition) is 2. The van der Waals surface area contributed by atoms with E-state index in [4.69, 9.17) is 10.5 Å². The Labute approximate surface area is 164 Å². The molecule has 0 saturated carbocycles. The van der Waals surface area contributed by atoms with Crippen molar-refractivity contribution in [3.8, 4) is 0 Å². The van der Waals surface area contributed by atoms with Crippen LogP contribution in [0, 0.1) is 0 Å². The van der Waals surface area contributed by atoms with Crippen LogP contribution >= 0.6 is 0 Å². The molecule has 154 valence electrons. The van der Waals surface area contributed by atoms with Crippen molar-refractivity contribution in [3.05, 3.63) is 29.8 Å². The number of nitrogens with two attached hydrogens (primary N) is 1. The van der Waals surface area contributed by atoms with Crippen LogP contribution in [0.4, 0.5) is 10.5 Å². The summed E-state index contributed by atoms with van der Waals surface area (Å²) in [6.45, 7) is 3.28.